The second-order valence-electron chi connectivity index (χ2n) is 3.05. The number of hydrogen-bond acceptors (Lipinski definition) is 4. The van der Waals surface area contributed by atoms with Crippen LogP contribution in [0.2, 0.25) is 0 Å². The molecule has 17 heavy (non-hydrogen) atoms. The summed E-state index contributed by atoms with van der Waals surface area (Å²) in [5, 5.41) is 2.93. The molecule has 4 heteroatoms. The van der Waals surface area contributed by atoms with Crippen LogP contribution >= 0.6 is 0 Å². The SMILES string of the molecule is C/C=C(\C=NC)CC(NC)C(=O)OCC.CC. The molecule has 0 aliphatic heterocycles. The van der Waals surface area contributed by atoms with Crippen molar-refractivity contribution >= 4 is 12.2 Å². The van der Waals surface area contributed by atoms with Crippen molar-refractivity contribution in [2.75, 3.05) is 20.7 Å². The van der Waals surface area contributed by atoms with Crippen molar-refractivity contribution in [2.24, 2.45) is 4.99 Å². The molecule has 0 fully saturated rings. The van der Waals surface area contributed by atoms with E-state index < -0.39 is 0 Å². The lowest BCUT2D eigenvalue weighted by molar-refractivity contribution is -0.145. The summed E-state index contributed by atoms with van der Waals surface area (Å²) in [6.07, 6.45) is 4.29. The Kier molecular flexibility index (Phi) is 13.8. The Balaban J connectivity index is 0. The number of ether oxygens (including phenoxy) is 1. The normalized spacial score (nSPS) is 12.9. The Hall–Kier alpha value is -1.16. The number of carbonyl (C=O) groups excluding carboxylic acids is 1. The van der Waals surface area contributed by atoms with Crippen LogP contribution in [-0.2, 0) is 9.53 Å². The maximum Gasteiger partial charge on any atom is 0.323 e. The van der Waals surface area contributed by atoms with Gasteiger partial charge in [-0.05, 0) is 32.9 Å². The van der Waals surface area contributed by atoms with Crippen molar-refractivity contribution in [2.45, 2.75) is 40.2 Å². The van der Waals surface area contributed by atoms with Crippen LogP contribution in [0.3, 0.4) is 0 Å². The summed E-state index contributed by atoms with van der Waals surface area (Å²) in [5.74, 6) is -0.219. The van der Waals surface area contributed by atoms with Crippen LogP contribution in [-0.4, -0.2) is 38.9 Å². The quantitative estimate of drug-likeness (QED) is 0.574. The predicted octanol–water partition coefficient (Wildman–Crippen LogP) is 2.20. The molecule has 0 rings (SSSR count). The average Bonchev–Trinajstić information content (AvgIpc) is 2.37. The number of allylic oxidation sites excluding steroid dienone is 1. The van der Waals surface area contributed by atoms with Crippen LogP contribution in [0.15, 0.2) is 16.6 Å². The molecule has 0 aromatic rings. The number of esters is 1. The van der Waals surface area contributed by atoms with E-state index >= 15 is 0 Å². The minimum atomic E-state index is -0.297. The summed E-state index contributed by atoms with van der Waals surface area (Å²) < 4.78 is 4.95. The highest BCUT2D eigenvalue weighted by Gasteiger charge is 2.17. The van der Waals surface area contributed by atoms with Gasteiger partial charge >= 0.3 is 5.97 Å². The Morgan fingerprint density at radius 2 is 2.06 bits per heavy atom. The van der Waals surface area contributed by atoms with Crippen LogP contribution in [0.25, 0.3) is 0 Å². The van der Waals surface area contributed by atoms with E-state index in [2.05, 4.69) is 10.3 Å². The number of rotatable bonds is 6. The molecule has 4 nitrogen and oxygen atoms in total. The fourth-order valence-electron chi connectivity index (χ4n) is 1.19. The fraction of sp³-hybridized carbons (Fsp3) is 0.692. The van der Waals surface area contributed by atoms with Crippen molar-refractivity contribution < 1.29 is 9.53 Å². The van der Waals surface area contributed by atoms with Crippen molar-refractivity contribution in [1.82, 2.24) is 5.32 Å². The monoisotopic (exact) mass is 242 g/mol. The van der Waals surface area contributed by atoms with Gasteiger partial charge in [0.05, 0.1) is 6.61 Å². The molecule has 0 radical (unpaired) electrons. The summed E-state index contributed by atoms with van der Waals surface area (Å²) >= 11 is 0. The minimum absolute atomic E-state index is 0.219. The highest BCUT2D eigenvalue weighted by Crippen LogP contribution is 2.05. The molecule has 1 unspecified atom stereocenters. The van der Waals surface area contributed by atoms with Crippen molar-refractivity contribution in [3.63, 3.8) is 0 Å². The smallest absolute Gasteiger partial charge is 0.323 e. The largest absolute Gasteiger partial charge is 0.465 e. The van der Waals surface area contributed by atoms with Crippen molar-refractivity contribution in [1.29, 1.82) is 0 Å². The molecule has 0 amide bonds. The molecule has 100 valence electrons. The third-order valence-corrected chi connectivity index (χ3v) is 2.03. The molecule has 1 atom stereocenters. The van der Waals surface area contributed by atoms with Gasteiger partial charge in [-0.2, -0.15) is 0 Å². The average molecular weight is 242 g/mol. The first-order valence-corrected chi connectivity index (χ1v) is 6.10. The predicted molar refractivity (Wildman–Crippen MR) is 73.6 cm³/mol. The number of carbonyl (C=O) groups is 1. The Labute approximate surface area is 105 Å². The highest BCUT2D eigenvalue weighted by atomic mass is 16.5. The van der Waals surface area contributed by atoms with Gasteiger partial charge in [-0.3, -0.25) is 9.79 Å². The Bertz CT molecular complexity index is 248. The van der Waals surface area contributed by atoms with Gasteiger partial charge in [-0.15, -0.1) is 0 Å². The topological polar surface area (TPSA) is 50.7 Å². The zero-order valence-corrected chi connectivity index (χ0v) is 11.9. The second-order valence-corrected chi connectivity index (χ2v) is 3.05. The molecule has 0 aromatic carbocycles. The van der Waals surface area contributed by atoms with Crippen molar-refractivity contribution in [3.8, 4) is 0 Å². The molecular formula is C13H26N2O2. The summed E-state index contributed by atoms with van der Waals surface area (Å²) in [5.41, 5.74) is 1.02. The molecule has 0 spiro atoms. The molecule has 0 heterocycles. The third-order valence-electron chi connectivity index (χ3n) is 2.03. The van der Waals surface area contributed by atoms with E-state index in [0.717, 1.165) is 5.57 Å². The first kappa shape index (κ1) is 18.2. The lowest BCUT2D eigenvalue weighted by Gasteiger charge is -2.14. The van der Waals surface area contributed by atoms with Gasteiger partial charge in [-0.1, -0.05) is 19.9 Å². The van der Waals surface area contributed by atoms with E-state index in [4.69, 9.17) is 4.74 Å². The first-order valence-electron chi connectivity index (χ1n) is 6.10. The summed E-state index contributed by atoms with van der Waals surface area (Å²) in [4.78, 5) is 15.4. The van der Waals surface area contributed by atoms with Crippen LogP contribution in [0.4, 0.5) is 0 Å². The van der Waals surface area contributed by atoms with Gasteiger partial charge < -0.3 is 10.1 Å². The Morgan fingerprint density at radius 1 is 1.47 bits per heavy atom. The van der Waals surface area contributed by atoms with Crippen molar-refractivity contribution in [3.05, 3.63) is 11.6 Å². The maximum atomic E-state index is 11.5. The molecule has 0 saturated heterocycles. The van der Waals surface area contributed by atoms with E-state index in [9.17, 15) is 4.79 Å². The van der Waals surface area contributed by atoms with E-state index in [1.165, 1.54) is 0 Å². The number of nitrogens with zero attached hydrogens (tertiary/aromatic N) is 1. The molecule has 0 bridgehead atoms. The lowest BCUT2D eigenvalue weighted by Crippen LogP contribution is -2.36. The Morgan fingerprint density at radius 3 is 2.41 bits per heavy atom. The standard InChI is InChI=1S/C11H20N2O2.C2H6/c1-5-9(8-12-3)7-10(13-4)11(14)15-6-2;1-2/h5,8,10,13H,6-7H2,1-4H3;1-2H3/b9-5-,12-8?;. The molecule has 0 aliphatic rings. The zero-order chi connectivity index (χ0) is 13.7. The van der Waals surface area contributed by atoms with Gasteiger partial charge in [0.2, 0.25) is 0 Å². The van der Waals surface area contributed by atoms with E-state index in [-0.39, 0.29) is 12.0 Å². The summed E-state index contributed by atoms with van der Waals surface area (Å²) in [7, 11) is 3.46. The number of likely N-dealkylation sites (N-methyl/N-ethyl adjacent to an activating group) is 1. The number of hydrogen-bond donors (Lipinski definition) is 1. The summed E-state index contributed by atoms with van der Waals surface area (Å²) in [6.45, 7) is 8.13. The van der Waals surface area contributed by atoms with Crippen LogP contribution in [0.1, 0.15) is 34.1 Å². The van der Waals surface area contributed by atoms with Crippen LogP contribution in [0, 0.1) is 0 Å². The number of aliphatic imine (C=N–C) groups is 1. The van der Waals surface area contributed by atoms with Gasteiger partial charge in [0.25, 0.3) is 0 Å². The van der Waals surface area contributed by atoms with Crippen LogP contribution < -0.4 is 5.32 Å². The molecule has 0 saturated carbocycles. The van der Waals surface area contributed by atoms with E-state index in [0.29, 0.717) is 13.0 Å². The van der Waals surface area contributed by atoms with E-state index in [1.807, 2.05) is 26.8 Å². The van der Waals surface area contributed by atoms with Gasteiger partial charge in [0.15, 0.2) is 0 Å². The minimum Gasteiger partial charge on any atom is -0.465 e. The maximum absolute atomic E-state index is 11.5. The summed E-state index contributed by atoms with van der Waals surface area (Å²) in [6, 6.07) is -0.297. The van der Waals surface area contributed by atoms with Gasteiger partial charge in [0, 0.05) is 13.3 Å². The third kappa shape index (κ3) is 8.63. The van der Waals surface area contributed by atoms with E-state index in [1.54, 1.807) is 27.2 Å². The molecule has 0 aliphatic carbocycles. The molecule has 0 aromatic heterocycles. The van der Waals surface area contributed by atoms with Gasteiger partial charge in [-0.25, -0.2) is 0 Å². The second kappa shape index (κ2) is 12.9. The van der Waals surface area contributed by atoms with Gasteiger partial charge in [0.1, 0.15) is 6.04 Å². The van der Waals surface area contributed by atoms with Crippen LogP contribution in [0.5, 0.6) is 0 Å². The molecular weight excluding hydrogens is 216 g/mol. The lowest BCUT2D eigenvalue weighted by atomic mass is 10.1. The number of nitrogens with one attached hydrogen (secondary N) is 1. The highest BCUT2D eigenvalue weighted by molar-refractivity contribution is 5.82. The zero-order valence-electron chi connectivity index (χ0n) is 11.9. The first-order chi connectivity index (χ1) is 8.19. The fourth-order valence-corrected chi connectivity index (χ4v) is 1.19. The molecule has 1 N–H and O–H groups in total.